The summed E-state index contributed by atoms with van der Waals surface area (Å²) >= 11 is 0. The SMILES string of the molecule is COc1ccc(C(=O)NCc2ccc(OC(C)C)cc2)cc1[N+](=O)[O-]. The van der Waals surface area contributed by atoms with E-state index >= 15 is 0 Å². The molecule has 2 aromatic carbocycles. The standard InChI is InChI=1S/C18H20N2O5/c1-12(2)25-15-7-4-13(5-8-15)11-19-18(21)14-6-9-17(24-3)16(10-14)20(22)23/h4-10,12H,11H2,1-3H3,(H,19,21). The fourth-order valence-corrected chi connectivity index (χ4v) is 2.22. The van der Waals surface area contributed by atoms with Gasteiger partial charge < -0.3 is 14.8 Å². The number of ether oxygens (including phenoxy) is 2. The number of carbonyl (C=O) groups excluding carboxylic acids is 1. The van der Waals surface area contributed by atoms with Crippen molar-refractivity contribution in [1.29, 1.82) is 0 Å². The van der Waals surface area contributed by atoms with Gasteiger partial charge >= 0.3 is 5.69 Å². The van der Waals surface area contributed by atoms with Crippen LogP contribution in [0, 0.1) is 10.1 Å². The maximum absolute atomic E-state index is 12.2. The number of rotatable bonds is 7. The van der Waals surface area contributed by atoms with E-state index < -0.39 is 10.8 Å². The number of methoxy groups -OCH3 is 1. The van der Waals surface area contributed by atoms with Crippen molar-refractivity contribution in [3.05, 3.63) is 63.7 Å². The zero-order valence-corrected chi connectivity index (χ0v) is 14.3. The molecule has 2 rings (SSSR count). The predicted octanol–water partition coefficient (Wildman–Crippen LogP) is 3.32. The first-order valence-electron chi connectivity index (χ1n) is 7.77. The second-order valence-corrected chi connectivity index (χ2v) is 5.64. The monoisotopic (exact) mass is 344 g/mol. The van der Waals surface area contributed by atoms with Gasteiger partial charge in [-0.15, -0.1) is 0 Å². The summed E-state index contributed by atoms with van der Waals surface area (Å²) in [6.45, 7) is 4.20. The fraction of sp³-hybridized carbons (Fsp3) is 0.278. The molecule has 2 aromatic rings. The van der Waals surface area contributed by atoms with E-state index in [-0.39, 0.29) is 23.1 Å². The molecule has 0 atom stereocenters. The molecule has 1 N–H and O–H groups in total. The molecular formula is C18H20N2O5. The maximum atomic E-state index is 12.2. The van der Waals surface area contributed by atoms with E-state index in [2.05, 4.69) is 5.32 Å². The van der Waals surface area contributed by atoms with Crippen molar-refractivity contribution in [2.24, 2.45) is 0 Å². The number of hydrogen-bond donors (Lipinski definition) is 1. The van der Waals surface area contributed by atoms with Gasteiger partial charge in [-0.1, -0.05) is 12.1 Å². The van der Waals surface area contributed by atoms with Crippen LogP contribution in [0.3, 0.4) is 0 Å². The van der Waals surface area contributed by atoms with Crippen LogP contribution >= 0.6 is 0 Å². The Bertz CT molecular complexity index is 757. The molecule has 1 amide bonds. The first kappa shape index (κ1) is 18.3. The van der Waals surface area contributed by atoms with Crippen molar-refractivity contribution in [3.8, 4) is 11.5 Å². The van der Waals surface area contributed by atoms with Crippen molar-refractivity contribution in [3.63, 3.8) is 0 Å². The number of benzene rings is 2. The number of amides is 1. The van der Waals surface area contributed by atoms with Crippen molar-refractivity contribution in [1.82, 2.24) is 5.32 Å². The van der Waals surface area contributed by atoms with Crippen LogP contribution in [0.2, 0.25) is 0 Å². The number of nitrogens with zero attached hydrogens (tertiary/aromatic N) is 1. The summed E-state index contributed by atoms with van der Waals surface area (Å²) in [6.07, 6.45) is 0.0939. The van der Waals surface area contributed by atoms with Crippen LogP contribution in [0.25, 0.3) is 0 Å². The van der Waals surface area contributed by atoms with Gasteiger partial charge in [-0.2, -0.15) is 0 Å². The molecule has 0 heterocycles. The molecule has 0 unspecified atom stereocenters. The van der Waals surface area contributed by atoms with Gasteiger partial charge in [0.2, 0.25) is 0 Å². The van der Waals surface area contributed by atoms with Gasteiger partial charge in [0.25, 0.3) is 5.91 Å². The lowest BCUT2D eigenvalue weighted by atomic mass is 10.1. The minimum absolute atomic E-state index is 0.0939. The molecule has 7 nitrogen and oxygen atoms in total. The Morgan fingerprint density at radius 2 is 1.88 bits per heavy atom. The molecule has 0 fully saturated rings. The number of nitro benzene ring substituents is 1. The lowest BCUT2D eigenvalue weighted by Gasteiger charge is -2.10. The van der Waals surface area contributed by atoms with E-state index in [0.29, 0.717) is 6.54 Å². The summed E-state index contributed by atoms with van der Waals surface area (Å²) < 4.78 is 10.5. The van der Waals surface area contributed by atoms with E-state index in [4.69, 9.17) is 9.47 Å². The Morgan fingerprint density at radius 3 is 2.44 bits per heavy atom. The normalized spacial score (nSPS) is 10.4. The number of hydrogen-bond acceptors (Lipinski definition) is 5. The van der Waals surface area contributed by atoms with Gasteiger partial charge in [0.1, 0.15) is 5.75 Å². The number of nitrogens with one attached hydrogen (secondary N) is 1. The Balaban J connectivity index is 2.02. The second-order valence-electron chi connectivity index (χ2n) is 5.64. The highest BCUT2D eigenvalue weighted by molar-refractivity contribution is 5.95. The lowest BCUT2D eigenvalue weighted by molar-refractivity contribution is -0.385. The molecule has 0 spiro atoms. The third-order valence-corrected chi connectivity index (χ3v) is 3.39. The van der Waals surface area contributed by atoms with Crippen molar-refractivity contribution in [2.45, 2.75) is 26.5 Å². The Morgan fingerprint density at radius 1 is 1.20 bits per heavy atom. The molecule has 0 aliphatic rings. The highest BCUT2D eigenvalue weighted by atomic mass is 16.6. The highest BCUT2D eigenvalue weighted by Gasteiger charge is 2.18. The van der Waals surface area contributed by atoms with Gasteiger partial charge in [0, 0.05) is 18.2 Å². The van der Waals surface area contributed by atoms with E-state index in [1.165, 1.54) is 25.3 Å². The van der Waals surface area contributed by atoms with Crippen molar-refractivity contribution in [2.75, 3.05) is 7.11 Å². The van der Waals surface area contributed by atoms with E-state index in [1.807, 2.05) is 38.1 Å². The van der Waals surface area contributed by atoms with Gasteiger partial charge in [-0.25, -0.2) is 0 Å². The molecule has 25 heavy (non-hydrogen) atoms. The van der Waals surface area contributed by atoms with Crippen molar-refractivity contribution >= 4 is 11.6 Å². The number of carbonyl (C=O) groups is 1. The molecule has 0 aliphatic carbocycles. The Labute approximate surface area is 145 Å². The largest absolute Gasteiger partial charge is 0.491 e. The molecule has 0 aliphatic heterocycles. The van der Waals surface area contributed by atoms with E-state index in [0.717, 1.165) is 11.3 Å². The quantitative estimate of drug-likeness (QED) is 0.614. The smallest absolute Gasteiger partial charge is 0.311 e. The molecule has 0 saturated carbocycles. The van der Waals surface area contributed by atoms with Crippen LogP contribution in [0.5, 0.6) is 11.5 Å². The molecule has 0 radical (unpaired) electrons. The highest BCUT2D eigenvalue weighted by Crippen LogP contribution is 2.27. The van der Waals surface area contributed by atoms with Crippen molar-refractivity contribution < 1.29 is 19.2 Å². The van der Waals surface area contributed by atoms with Crippen LogP contribution in [-0.4, -0.2) is 24.0 Å². The average Bonchev–Trinajstić information content (AvgIpc) is 2.59. The minimum Gasteiger partial charge on any atom is -0.491 e. The third kappa shape index (κ3) is 4.94. The zero-order chi connectivity index (χ0) is 18.4. The lowest BCUT2D eigenvalue weighted by Crippen LogP contribution is -2.22. The summed E-state index contributed by atoms with van der Waals surface area (Å²) in [6, 6.07) is 11.5. The predicted molar refractivity (Wildman–Crippen MR) is 93.0 cm³/mol. The van der Waals surface area contributed by atoms with Crippen LogP contribution in [0.1, 0.15) is 29.8 Å². The van der Waals surface area contributed by atoms with Gasteiger partial charge in [0.05, 0.1) is 18.1 Å². The summed E-state index contributed by atoms with van der Waals surface area (Å²) in [5.41, 5.74) is 0.852. The second kappa shape index (κ2) is 8.14. The first-order chi connectivity index (χ1) is 11.9. The molecule has 7 heteroatoms. The van der Waals surface area contributed by atoms with Crippen LogP contribution < -0.4 is 14.8 Å². The van der Waals surface area contributed by atoms with E-state index in [1.54, 1.807) is 0 Å². The maximum Gasteiger partial charge on any atom is 0.311 e. The number of nitro groups is 1. The first-order valence-corrected chi connectivity index (χ1v) is 7.77. The Hall–Kier alpha value is -3.09. The van der Waals surface area contributed by atoms with Crippen LogP contribution in [-0.2, 0) is 6.54 Å². The molecule has 0 saturated heterocycles. The van der Waals surface area contributed by atoms with E-state index in [9.17, 15) is 14.9 Å². The summed E-state index contributed by atoms with van der Waals surface area (Å²) in [4.78, 5) is 22.7. The summed E-state index contributed by atoms with van der Waals surface area (Å²) in [5, 5.41) is 13.8. The summed E-state index contributed by atoms with van der Waals surface area (Å²) in [5.74, 6) is 0.478. The minimum atomic E-state index is -0.580. The Kier molecular flexibility index (Phi) is 5.94. The molecule has 0 bridgehead atoms. The summed E-state index contributed by atoms with van der Waals surface area (Å²) in [7, 11) is 1.34. The van der Waals surface area contributed by atoms with Gasteiger partial charge in [0.15, 0.2) is 5.75 Å². The molecular weight excluding hydrogens is 324 g/mol. The van der Waals surface area contributed by atoms with Crippen LogP contribution in [0.15, 0.2) is 42.5 Å². The third-order valence-electron chi connectivity index (χ3n) is 3.39. The van der Waals surface area contributed by atoms with Crippen LogP contribution in [0.4, 0.5) is 5.69 Å². The zero-order valence-electron chi connectivity index (χ0n) is 14.3. The average molecular weight is 344 g/mol. The van der Waals surface area contributed by atoms with Gasteiger partial charge in [-0.3, -0.25) is 14.9 Å². The molecule has 132 valence electrons. The van der Waals surface area contributed by atoms with Gasteiger partial charge in [-0.05, 0) is 43.7 Å². The topological polar surface area (TPSA) is 90.7 Å². The molecule has 0 aromatic heterocycles. The fourth-order valence-electron chi connectivity index (χ4n) is 2.22.